The van der Waals surface area contributed by atoms with Gasteiger partial charge < -0.3 is 10.6 Å². The standard InChI is InChI=1S/C12H24N2OS/c1-2-3-9-16-10-6-12(15)14-7-4-11(13)5-8-14/h11H,2-10,13H2,1H3. The number of thioether (sulfide) groups is 1. The molecule has 0 bridgehead atoms. The second-order valence-electron chi connectivity index (χ2n) is 4.43. The van der Waals surface area contributed by atoms with E-state index >= 15 is 0 Å². The molecule has 1 aliphatic heterocycles. The van der Waals surface area contributed by atoms with Crippen molar-refractivity contribution in [3.05, 3.63) is 0 Å². The lowest BCUT2D eigenvalue weighted by Gasteiger charge is -2.30. The van der Waals surface area contributed by atoms with E-state index < -0.39 is 0 Å². The zero-order valence-electron chi connectivity index (χ0n) is 10.3. The van der Waals surface area contributed by atoms with E-state index in [0.29, 0.717) is 18.4 Å². The summed E-state index contributed by atoms with van der Waals surface area (Å²) in [6.45, 7) is 3.92. The Morgan fingerprint density at radius 2 is 2.06 bits per heavy atom. The predicted octanol–water partition coefficient (Wildman–Crippen LogP) is 1.86. The van der Waals surface area contributed by atoms with E-state index in [1.807, 2.05) is 16.7 Å². The quantitative estimate of drug-likeness (QED) is 0.725. The maximum absolute atomic E-state index is 11.8. The third-order valence-corrected chi connectivity index (χ3v) is 4.06. The molecule has 0 saturated carbocycles. The molecular formula is C12H24N2OS. The minimum Gasteiger partial charge on any atom is -0.343 e. The highest BCUT2D eigenvalue weighted by Crippen LogP contribution is 2.12. The van der Waals surface area contributed by atoms with Gasteiger partial charge in [0.05, 0.1) is 0 Å². The lowest BCUT2D eigenvalue weighted by Crippen LogP contribution is -2.42. The van der Waals surface area contributed by atoms with E-state index in [4.69, 9.17) is 5.73 Å². The molecule has 3 nitrogen and oxygen atoms in total. The van der Waals surface area contributed by atoms with E-state index in [0.717, 1.165) is 31.7 Å². The lowest BCUT2D eigenvalue weighted by atomic mass is 10.1. The van der Waals surface area contributed by atoms with E-state index in [1.165, 1.54) is 18.6 Å². The summed E-state index contributed by atoms with van der Waals surface area (Å²) in [6.07, 6.45) is 5.13. The molecule has 0 aromatic heterocycles. The van der Waals surface area contributed by atoms with Gasteiger partial charge in [-0.15, -0.1) is 0 Å². The fourth-order valence-electron chi connectivity index (χ4n) is 1.81. The molecule has 0 spiro atoms. The van der Waals surface area contributed by atoms with E-state index in [-0.39, 0.29) is 0 Å². The van der Waals surface area contributed by atoms with Crippen molar-refractivity contribution in [2.45, 2.75) is 45.1 Å². The topological polar surface area (TPSA) is 46.3 Å². The first-order chi connectivity index (χ1) is 7.74. The van der Waals surface area contributed by atoms with Crippen molar-refractivity contribution in [1.29, 1.82) is 0 Å². The maximum Gasteiger partial charge on any atom is 0.223 e. The number of carbonyl (C=O) groups excluding carboxylic acids is 1. The molecule has 0 aromatic rings. The van der Waals surface area contributed by atoms with Gasteiger partial charge in [-0.25, -0.2) is 0 Å². The number of hydrogen-bond acceptors (Lipinski definition) is 3. The summed E-state index contributed by atoms with van der Waals surface area (Å²) in [5.74, 6) is 2.48. The minimum atomic E-state index is 0.308. The van der Waals surface area contributed by atoms with Crippen LogP contribution in [0.25, 0.3) is 0 Å². The summed E-state index contributed by atoms with van der Waals surface area (Å²) in [5.41, 5.74) is 5.81. The number of unbranched alkanes of at least 4 members (excludes halogenated alkanes) is 1. The highest BCUT2D eigenvalue weighted by Gasteiger charge is 2.19. The summed E-state index contributed by atoms with van der Waals surface area (Å²) in [6, 6.07) is 0.308. The summed E-state index contributed by atoms with van der Waals surface area (Å²) >= 11 is 1.90. The van der Waals surface area contributed by atoms with Crippen molar-refractivity contribution in [1.82, 2.24) is 4.90 Å². The molecule has 0 aromatic carbocycles. The zero-order chi connectivity index (χ0) is 11.8. The molecule has 1 aliphatic rings. The molecule has 2 N–H and O–H groups in total. The van der Waals surface area contributed by atoms with E-state index in [9.17, 15) is 4.79 Å². The average molecular weight is 244 g/mol. The van der Waals surface area contributed by atoms with Crippen LogP contribution in [0.15, 0.2) is 0 Å². The molecule has 16 heavy (non-hydrogen) atoms. The van der Waals surface area contributed by atoms with Crippen molar-refractivity contribution in [3.8, 4) is 0 Å². The Bertz CT molecular complexity index is 203. The number of likely N-dealkylation sites (tertiary alicyclic amines) is 1. The smallest absolute Gasteiger partial charge is 0.223 e. The number of rotatable bonds is 6. The summed E-state index contributed by atoms with van der Waals surface area (Å²) in [5, 5.41) is 0. The van der Waals surface area contributed by atoms with Crippen LogP contribution in [0.3, 0.4) is 0 Å². The molecule has 1 fully saturated rings. The van der Waals surface area contributed by atoms with Gasteiger partial charge in [0, 0.05) is 31.3 Å². The minimum absolute atomic E-state index is 0.308. The Labute approximate surface area is 103 Å². The molecule has 1 amide bonds. The number of nitrogens with two attached hydrogens (primary N) is 1. The molecule has 94 valence electrons. The molecule has 1 saturated heterocycles. The largest absolute Gasteiger partial charge is 0.343 e. The lowest BCUT2D eigenvalue weighted by molar-refractivity contribution is -0.131. The van der Waals surface area contributed by atoms with Gasteiger partial charge in [-0.05, 0) is 25.0 Å². The van der Waals surface area contributed by atoms with Crippen LogP contribution >= 0.6 is 11.8 Å². The van der Waals surface area contributed by atoms with Gasteiger partial charge in [0.1, 0.15) is 0 Å². The van der Waals surface area contributed by atoms with Crippen molar-refractivity contribution >= 4 is 17.7 Å². The number of hydrogen-bond donors (Lipinski definition) is 1. The van der Waals surface area contributed by atoms with Crippen molar-refractivity contribution in [3.63, 3.8) is 0 Å². The zero-order valence-corrected chi connectivity index (χ0v) is 11.1. The van der Waals surface area contributed by atoms with Crippen molar-refractivity contribution in [2.75, 3.05) is 24.6 Å². The third kappa shape index (κ3) is 5.21. The van der Waals surface area contributed by atoms with E-state index in [2.05, 4.69) is 6.92 Å². The van der Waals surface area contributed by atoms with Crippen LogP contribution in [0, 0.1) is 0 Å². The maximum atomic E-state index is 11.8. The van der Waals surface area contributed by atoms with Gasteiger partial charge in [0.2, 0.25) is 5.91 Å². The van der Waals surface area contributed by atoms with Crippen molar-refractivity contribution < 1.29 is 4.79 Å². The van der Waals surface area contributed by atoms with Crippen LogP contribution in [-0.4, -0.2) is 41.4 Å². The average Bonchev–Trinajstić information content (AvgIpc) is 2.29. The molecule has 4 heteroatoms. The fraction of sp³-hybridized carbons (Fsp3) is 0.917. The van der Waals surface area contributed by atoms with Crippen LogP contribution in [0.5, 0.6) is 0 Å². The van der Waals surface area contributed by atoms with Crippen LogP contribution in [0.4, 0.5) is 0 Å². The fourth-order valence-corrected chi connectivity index (χ4v) is 2.83. The summed E-state index contributed by atoms with van der Waals surface area (Å²) in [7, 11) is 0. The Morgan fingerprint density at radius 1 is 1.38 bits per heavy atom. The molecule has 0 unspecified atom stereocenters. The number of carbonyl (C=O) groups is 1. The first kappa shape index (κ1) is 13.8. The van der Waals surface area contributed by atoms with E-state index in [1.54, 1.807) is 0 Å². The number of nitrogens with zero attached hydrogens (tertiary/aromatic N) is 1. The first-order valence-corrected chi connectivity index (χ1v) is 7.50. The number of amides is 1. The Balaban J connectivity index is 2.06. The van der Waals surface area contributed by atoms with Gasteiger partial charge in [0.15, 0.2) is 0 Å². The Morgan fingerprint density at radius 3 is 2.69 bits per heavy atom. The normalized spacial score (nSPS) is 17.8. The summed E-state index contributed by atoms with van der Waals surface area (Å²) < 4.78 is 0. The predicted molar refractivity (Wildman–Crippen MR) is 70.6 cm³/mol. The molecular weight excluding hydrogens is 220 g/mol. The van der Waals surface area contributed by atoms with Crippen LogP contribution in [0.2, 0.25) is 0 Å². The summed E-state index contributed by atoms with van der Waals surface area (Å²) in [4.78, 5) is 13.8. The van der Waals surface area contributed by atoms with Gasteiger partial charge in [-0.1, -0.05) is 13.3 Å². The molecule has 1 rings (SSSR count). The van der Waals surface area contributed by atoms with Crippen LogP contribution in [-0.2, 0) is 4.79 Å². The first-order valence-electron chi connectivity index (χ1n) is 6.35. The second-order valence-corrected chi connectivity index (χ2v) is 5.66. The highest BCUT2D eigenvalue weighted by atomic mass is 32.2. The van der Waals surface area contributed by atoms with Gasteiger partial charge >= 0.3 is 0 Å². The monoisotopic (exact) mass is 244 g/mol. The highest BCUT2D eigenvalue weighted by molar-refractivity contribution is 7.99. The molecule has 0 radical (unpaired) electrons. The van der Waals surface area contributed by atoms with Gasteiger partial charge in [-0.3, -0.25) is 4.79 Å². The molecule has 0 atom stereocenters. The van der Waals surface area contributed by atoms with Crippen molar-refractivity contribution in [2.24, 2.45) is 5.73 Å². The van der Waals surface area contributed by atoms with Crippen LogP contribution in [0.1, 0.15) is 39.0 Å². The Hall–Kier alpha value is -0.220. The number of piperidine rings is 1. The molecule has 0 aliphatic carbocycles. The second kappa shape index (κ2) is 7.96. The third-order valence-electron chi connectivity index (χ3n) is 2.99. The molecule has 1 heterocycles. The van der Waals surface area contributed by atoms with Crippen LogP contribution < -0.4 is 5.73 Å². The SMILES string of the molecule is CCCCSCCC(=O)N1CCC(N)CC1. The Kier molecular flexibility index (Phi) is 6.88. The van der Waals surface area contributed by atoms with Gasteiger partial charge in [0.25, 0.3) is 0 Å². The van der Waals surface area contributed by atoms with Gasteiger partial charge in [-0.2, -0.15) is 11.8 Å².